The topological polar surface area (TPSA) is 46.9 Å². The van der Waals surface area contributed by atoms with Gasteiger partial charge in [0.05, 0.1) is 5.69 Å². The summed E-state index contributed by atoms with van der Waals surface area (Å²) in [5.74, 6) is 0.499. The highest BCUT2D eigenvalue weighted by molar-refractivity contribution is 6.04. The number of nitrogens with zero attached hydrogens (tertiary/aromatic N) is 2. The van der Waals surface area contributed by atoms with E-state index in [1.165, 1.54) is 0 Å². The lowest BCUT2D eigenvalue weighted by molar-refractivity contribution is 0.102. The SMILES string of the molecule is Cn1nc(-c2ccccc2)cc1NC(=O)c1cccc(-c2ccccc2)c1. The van der Waals surface area contributed by atoms with Gasteiger partial charge in [-0.15, -0.1) is 0 Å². The number of rotatable bonds is 4. The van der Waals surface area contributed by atoms with Crippen LogP contribution < -0.4 is 5.32 Å². The van der Waals surface area contributed by atoms with E-state index in [0.29, 0.717) is 11.4 Å². The molecule has 0 fully saturated rings. The largest absolute Gasteiger partial charge is 0.307 e. The van der Waals surface area contributed by atoms with Crippen molar-refractivity contribution in [3.8, 4) is 22.4 Å². The molecule has 0 unspecified atom stereocenters. The van der Waals surface area contributed by atoms with Gasteiger partial charge in [-0.2, -0.15) is 5.10 Å². The normalized spacial score (nSPS) is 10.6. The predicted molar refractivity (Wildman–Crippen MR) is 108 cm³/mol. The maximum atomic E-state index is 12.7. The van der Waals surface area contributed by atoms with Crippen molar-refractivity contribution in [3.63, 3.8) is 0 Å². The Morgan fingerprint density at radius 2 is 1.41 bits per heavy atom. The molecule has 1 heterocycles. The van der Waals surface area contributed by atoms with Crippen molar-refractivity contribution < 1.29 is 4.79 Å². The molecule has 4 aromatic rings. The Morgan fingerprint density at radius 3 is 2.11 bits per heavy atom. The minimum Gasteiger partial charge on any atom is -0.307 e. The molecule has 4 nitrogen and oxygen atoms in total. The Balaban J connectivity index is 1.57. The Labute approximate surface area is 158 Å². The van der Waals surface area contributed by atoms with Crippen LogP contribution in [-0.2, 0) is 7.05 Å². The van der Waals surface area contributed by atoms with Crippen molar-refractivity contribution >= 4 is 11.7 Å². The lowest BCUT2D eigenvalue weighted by atomic mass is 10.0. The maximum absolute atomic E-state index is 12.7. The van der Waals surface area contributed by atoms with Crippen LogP contribution in [0, 0.1) is 0 Å². The highest BCUT2D eigenvalue weighted by Gasteiger charge is 2.12. The van der Waals surface area contributed by atoms with E-state index in [-0.39, 0.29) is 5.91 Å². The number of carbonyl (C=O) groups excluding carboxylic acids is 1. The first-order valence-corrected chi connectivity index (χ1v) is 8.77. The summed E-state index contributed by atoms with van der Waals surface area (Å²) in [4.78, 5) is 12.7. The summed E-state index contributed by atoms with van der Waals surface area (Å²) in [6.07, 6.45) is 0. The van der Waals surface area contributed by atoms with Crippen LogP contribution in [0.25, 0.3) is 22.4 Å². The quantitative estimate of drug-likeness (QED) is 0.561. The van der Waals surface area contributed by atoms with E-state index < -0.39 is 0 Å². The molecule has 4 rings (SSSR count). The lowest BCUT2D eigenvalue weighted by Crippen LogP contribution is -2.14. The summed E-state index contributed by atoms with van der Waals surface area (Å²) < 4.78 is 1.68. The lowest BCUT2D eigenvalue weighted by Gasteiger charge is -2.07. The summed E-state index contributed by atoms with van der Waals surface area (Å²) in [7, 11) is 1.82. The summed E-state index contributed by atoms with van der Waals surface area (Å²) in [6, 6.07) is 29.4. The van der Waals surface area contributed by atoms with Gasteiger partial charge in [0.1, 0.15) is 5.82 Å². The zero-order valence-electron chi connectivity index (χ0n) is 15.0. The average Bonchev–Trinajstić information content (AvgIpc) is 3.10. The molecule has 0 aliphatic carbocycles. The van der Waals surface area contributed by atoms with Gasteiger partial charge in [-0.05, 0) is 23.3 Å². The van der Waals surface area contributed by atoms with E-state index in [4.69, 9.17) is 0 Å². The number of anilines is 1. The van der Waals surface area contributed by atoms with Gasteiger partial charge in [-0.25, -0.2) is 0 Å². The number of hydrogen-bond acceptors (Lipinski definition) is 2. The zero-order valence-corrected chi connectivity index (χ0v) is 15.0. The number of amides is 1. The van der Waals surface area contributed by atoms with E-state index in [9.17, 15) is 4.79 Å². The fraction of sp³-hybridized carbons (Fsp3) is 0.0435. The molecule has 0 saturated carbocycles. The fourth-order valence-corrected chi connectivity index (χ4v) is 2.99. The first-order chi connectivity index (χ1) is 13.2. The van der Waals surface area contributed by atoms with Gasteiger partial charge in [0.25, 0.3) is 5.91 Å². The van der Waals surface area contributed by atoms with Crippen LogP contribution >= 0.6 is 0 Å². The predicted octanol–water partition coefficient (Wildman–Crippen LogP) is 5.01. The molecule has 132 valence electrons. The van der Waals surface area contributed by atoms with Gasteiger partial charge in [0, 0.05) is 24.2 Å². The van der Waals surface area contributed by atoms with Crippen LogP contribution in [0.3, 0.4) is 0 Å². The molecule has 0 aliphatic heterocycles. The molecule has 1 amide bonds. The van der Waals surface area contributed by atoms with Crippen molar-refractivity contribution in [2.24, 2.45) is 7.05 Å². The first-order valence-electron chi connectivity index (χ1n) is 8.77. The Hall–Kier alpha value is -3.66. The van der Waals surface area contributed by atoms with Gasteiger partial charge in [0.2, 0.25) is 0 Å². The molecule has 1 N–H and O–H groups in total. The molecule has 27 heavy (non-hydrogen) atoms. The van der Waals surface area contributed by atoms with Crippen LogP contribution in [0.2, 0.25) is 0 Å². The van der Waals surface area contributed by atoms with Crippen LogP contribution in [-0.4, -0.2) is 15.7 Å². The summed E-state index contributed by atoms with van der Waals surface area (Å²) in [5.41, 5.74) is 4.54. The number of hydrogen-bond donors (Lipinski definition) is 1. The maximum Gasteiger partial charge on any atom is 0.256 e. The second-order valence-electron chi connectivity index (χ2n) is 6.31. The Kier molecular flexibility index (Phi) is 4.54. The number of benzene rings is 3. The third kappa shape index (κ3) is 3.65. The minimum atomic E-state index is -0.157. The summed E-state index contributed by atoms with van der Waals surface area (Å²) >= 11 is 0. The number of aromatic nitrogens is 2. The van der Waals surface area contributed by atoms with E-state index in [0.717, 1.165) is 22.4 Å². The monoisotopic (exact) mass is 353 g/mol. The molecule has 0 atom stereocenters. The molecule has 0 bridgehead atoms. The molecular weight excluding hydrogens is 334 g/mol. The average molecular weight is 353 g/mol. The molecule has 1 aromatic heterocycles. The van der Waals surface area contributed by atoms with Crippen LogP contribution in [0.1, 0.15) is 10.4 Å². The highest BCUT2D eigenvalue weighted by Crippen LogP contribution is 2.23. The molecule has 0 saturated heterocycles. The standard InChI is InChI=1S/C23H19N3O/c1-26-22(16-21(25-26)18-11-6-3-7-12-18)24-23(27)20-14-8-13-19(15-20)17-9-4-2-5-10-17/h2-16H,1H3,(H,24,27). The molecule has 0 aliphatic rings. The van der Waals surface area contributed by atoms with Gasteiger partial charge < -0.3 is 5.32 Å². The van der Waals surface area contributed by atoms with Gasteiger partial charge in [0.15, 0.2) is 0 Å². The van der Waals surface area contributed by atoms with Crippen molar-refractivity contribution in [2.45, 2.75) is 0 Å². The number of nitrogens with one attached hydrogen (secondary N) is 1. The molecule has 4 heteroatoms. The summed E-state index contributed by atoms with van der Waals surface area (Å²) in [6.45, 7) is 0. The molecular formula is C23H19N3O. The third-order valence-corrected chi connectivity index (χ3v) is 4.42. The Morgan fingerprint density at radius 1 is 0.778 bits per heavy atom. The van der Waals surface area contributed by atoms with Gasteiger partial charge in [-0.1, -0.05) is 72.8 Å². The van der Waals surface area contributed by atoms with Crippen molar-refractivity contribution in [3.05, 3.63) is 96.6 Å². The van der Waals surface area contributed by atoms with Crippen molar-refractivity contribution in [1.29, 1.82) is 0 Å². The van der Waals surface area contributed by atoms with E-state index in [1.807, 2.05) is 98.0 Å². The molecule has 0 radical (unpaired) electrons. The van der Waals surface area contributed by atoms with Crippen LogP contribution in [0.15, 0.2) is 91.0 Å². The Bertz CT molecular complexity index is 1070. The number of aryl methyl sites for hydroxylation is 1. The van der Waals surface area contributed by atoms with E-state index in [1.54, 1.807) is 4.68 Å². The van der Waals surface area contributed by atoms with Crippen molar-refractivity contribution in [2.75, 3.05) is 5.32 Å². The minimum absolute atomic E-state index is 0.157. The highest BCUT2D eigenvalue weighted by atomic mass is 16.1. The van der Waals surface area contributed by atoms with Gasteiger partial charge >= 0.3 is 0 Å². The number of carbonyl (C=O) groups is 1. The fourth-order valence-electron chi connectivity index (χ4n) is 2.99. The molecule has 3 aromatic carbocycles. The zero-order chi connectivity index (χ0) is 18.6. The summed E-state index contributed by atoms with van der Waals surface area (Å²) in [5, 5.41) is 7.45. The molecule has 0 spiro atoms. The van der Waals surface area contributed by atoms with E-state index >= 15 is 0 Å². The third-order valence-electron chi connectivity index (χ3n) is 4.42. The smallest absolute Gasteiger partial charge is 0.256 e. The second kappa shape index (κ2) is 7.30. The second-order valence-corrected chi connectivity index (χ2v) is 6.31. The van der Waals surface area contributed by atoms with Crippen LogP contribution in [0.5, 0.6) is 0 Å². The first kappa shape index (κ1) is 16.8. The van der Waals surface area contributed by atoms with Crippen molar-refractivity contribution in [1.82, 2.24) is 9.78 Å². The van der Waals surface area contributed by atoms with Gasteiger partial charge in [-0.3, -0.25) is 9.48 Å². The van der Waals surface area contributed by atoms with E-state index in [2.05, 4.69) is 10.4 Å². The van der Waals surface area contributed by atoms with Crippen LogP contribution in [0.4, 0.5) is 5.82 Å².